The molecule has 1 heterocycles. The Morgan fingerprint density at radius 1 is 1.04 bits per heavy atom. The van der Waals surface area contributed by atoms with Crippen LogP contribution in [0.2, 0.25) is 0 Å². The monoisotopic (exact) mass is 329 g/mol. The van der Waals surface area contributed by atoms with E-state index in [2.05, 4.69) is 10.6 Å². The fourth-order valence-corrected chi connectivity index (χ4v) is 3.66. The lowest BCUT2D eigenvalue weighted by Gasteiger charge is -2.25. The highest BCUT2D eigenvalue weighted by Gasteiger charge is 2.28. The van der Waals surface area contributed by atoms with Gasteiger partial charge in [-0.05, 0) is 31.2 Å². The molecule has 1 aromatic carbocycles. The molecule has 3 rings (SSSR count). The lowest BCUT2D eigenvalue weighted by molar-refractivity contribution is -0.132. The van der Waals surface area contributed by atoms with Gasteiger partial charge in [0.15, 0.2) is 0 Å². The molecule has 0 unspecified atom stereocenters. The van der Waals surface area contributed by atoms with Crippen LogP contribution in [0.5, 0.6) is 0 Å². The molecule has 1 saturated carbocycles. The van der Waals surface area contributed by atoms with Crippen LogP contribution in [0.3, 0.4) is 0 Å². The molecule has 1 atom stereocenters. The van der Waals surface area contributed by atoms with Crippen LogP contribution in [-0.4, -0.2) is 42.0 Å². The van der Waals surface area contributed by atoms with Gasteiger partial charge in [-0.25, -0.2) is 4.79 Å². The van der Waals surface area contributed by atoms with Gasteiger partial charge in [0.25, 0.3) is 0 Å². The van der Waals surface area contributed by atoms with Gasteiger partial charge in [-0.15, -0.1) is 0 Å². The molecule has 3 amide bonds. The quantitative estimate of drug-likeness (QED) is 0.872. The number of carbonyl (C=O) groups excluding carboxylic acids is 2. The van der Waals surface area contributed by atoms with Crippen LogP contribution in [0.4, 0.5) is 4.79 Å². The van der Waals surface area contributed by atoms with Gasteiger partial charge in [0.2, 0.25) is 5.91 Å². The number of likely N-dealkylation sites (tertiary alicyclic amines) is 1. The van der Waals surface area contributed by atoms with E-state index in [1.807, 2.05) is 35.2 Å². The lowest BCUT2D eigenvalue weighted by Crippen LogP contribution is -2.53. The van der Waals surface area contributed by atoms with Crippen molar-refractivity contribution in [1.82, 2.24) is 15.5 Å². The second kappa shape index (κ2) is 8.18. The number of hydrogen-bond donors (Lipinski definition) is 2. The molecule has 1 aliphatic carbocycles. The Labute approximate surface area is 143 Å². The molecule has 24 heavy (non-hydrogen) atoms. The van der Waals surface area contributed by atoms with E-state index in [1.165, 1.54) is 12.8 Å². The smallest absolute Gasteiger partial charge is 0.315 e. The Morgan fingerprint density at radius 3 is 2.38 bits per heavy atom. The zero-order valence-electron chi connectivity index (χ0n) is 14.2. The number of hydrogen-bond acceptors (Lipinski definition) is 2. The molecule has 0 bridgehead atoms. The number of carbonyl (C=O) groups is 2. The van der Waals surface area contributed by atoms with Gasteiger partial charge in [0.1, 0.15) is 6.04 Å². The van der Waals surface area contributed by atoms with Gasteiger partial charge in [0.05, 0.1) is 0 Å². The molecule has 5 heteroatoms. The van der Waals surface area contributed by atoms with E-state index in [1.54, 1.807) is 0 Å². The summed E-state index contributed by atoms with van der Waals surface area (Å²) in [6, 6.07) is 9.44. The summed E-state index contributed by atoms with van der Waals surface area (Å²) in [7, 11) is 0. The van der Waals surface area contributed by atoms with Gasteiger partial charge in [-0.2, -0.15) is 0 Å². The van der Waals surface area contributed by atoms with Crippen molar-refractivity contribution in [2.75, 3.05) is 13.1 Å². The van der Waals surface area contributed by atoms with E-state index in [0.717, 1.165) is 44.3 Å². The minimum Gasteiger partial charge on any atom is -0.341 e. The summed E-state index contributed by atoms with van der Waals surface area (Å²) in [6.07, 6.45) is 7.06. The first kappa shape index (κ1) is 16.8. The Balaban J connectivity index is 1.63. The SMILES string of the molecule is O=C(NC1CCCC1)N[C@H](Cc1ccccc1)C(=O)N1CCCC1. The van der Waals surface area contributed by atoms with Crippen molar-refractivity contribution in [3.8, 4) is 0 Å². The van der Waals surface area contributed by atoms with E-state index < -0.39 is 6.04 Å². The maximum atomic E-state index is 12.8. The van der Waals surface area contributed by atoms with Gasteiger partial charge in [-0.1, -0.05) is 43.2 Å². The van der Waals surface area contributed by atoms with Crippen LogP contribution in [0.1, 0.15) is 44.1 Å². The standard InChI is InChI=1S/C19H27N3O2/c23-18(22-12-6-7-13-22)17(14-15-8-2-1-3-9-15)21-19(24)20-16-10-4-5-11-16/h1-3,8-9,16-17H,4-7,10-14H2,(H2,20,21,24)/t17-/m1/s1. The topological polar surface area (TPSA) is 61.4 Å². The van der Waals surface area contributed by atoms with Crippen LogP contribution in [0.15, 0.2) is 30.3 Å². The van der Waals surface area contributed by atoms with E-state index >= 15 is 0 Å². The van der Waals surface area contributed by atoms with Crippen molar-refractivity contribution >= 4 is 11.9 Å². The zero-order valence-corrected chi connectivity index (χ0v) is 14.2. The third-order valence-electron chi connectivity index (χ3n) is 4.99. The van der Waals surface area contributed by atoms with E-state index in [4.69, 9.17) is 0 Å². The molecule has 0 radical (unpaired) electrons. The van der Waals surface area contributed by atoms with Crippen molar-refractivity contribution in [2.45, 2.75) is 57.0 Å². The molecule has 5 nitrogen and oxygen atoms in total. The molecular formula is C19H27N3O2. The predicted molar refractivity (Wildman–Crippen MR) is 93.7 cm³/mol. The number of amides is 3. The van der Waals surface area contributed by atoms with E-state index in [-0.39, 0.29) is 18.0 Å². The average molecular weight is 329 g/mol. The van der Waals surface area contributed by atoms with Crippen molar-refractivity contribution in [3.63, 3.8) is 0 Å². The molecule has 1 aromatic rings. The summed E-state index contributed by atoms with van der Waals surface area (Å²) in [5.41, 5.74) is 1.07. The number of urea groups is 1. The normalized spacial score (nSPS) is 19.2. The Bertz CT molecular complexity index is 549. The second-order valence-electron chi connectivity index (χ2n) is 6.87. The first-order valence-electron chi connectivity index (χ1n) is 9.12. The number of nitrogens with zero attached hydrogens (tertiary/aromatic N) is 1. The maximum absolute atomic E-state index is 12.8. The second-order valence-corrected chi connectivity index (χ2v) is 6.87. The predicted octanol–water partition coefficient (Wildman–Crippen LogP) is 2.46. The zero-order chi connectivity index (χ0) is 16.8. The summed E-state index contributed by atoms with van der Waals surface area (Å²) in [4.78, 5) is 27.0. The highest BCUT2D eigenvalue weighted by molar-refractivity contribution is 5.87. The van der Waals surface area contributed by atoms with Gasteiger partial charge in [-0.3, -0.25) is 4.79 Å². The maximum Gasteiger partial charge on any atom is 0.315 e. The lowest BCUT2D eigenvalue weighted by atomic mass is 10.0. The van der Waals surface area contributed by atoms with Gasteiger partial charge >= 0.3 is 6.03 Å². The summed E-state index contributed by atoms with van der Waals surface area (Å²) >= 11 is 0. The third-order valence-corrected chi connectivity index (χ3v) is 4.99. The summed E-state index contributed by atoms with van der Waals surface area (Å²) < 4.78 is 0. The Hall–Kier alpha value is -2.04. The summed E-state index contributed by atoms with van der Waals surface area (Å²) in [6.45, 7) is 1.60. The Kier molecular flexibility index (Phi) is 5.72. The van der Waals surface area contributed by atoms with Crippen LogP contribution < -0.4 is 10.6 Å². The van der Waals surface area contributed by atoms with Crippen molar-refractivity contribution < 1.29 is 9.59 Å². The van der Waals surface area contributed by atoms with Crippen molar-refractivity contribution in [1.29, 1.82) is 0 Å². The van der Waals surface area contributed by atoms with Crippen molar-refractivity contribution in [3.05, 3.63) is 35.9 Å². The summed E-state index contributed by atoms with van der Waals surface area (Å²) in [5.74, 6) is 0.0397. The number of rotatable bonds is 5. The fraction of sp³-hybridized carbons (Fsp3) is 0.579. The average Bonchev–Trinajstić information content (AvgIpc) is 3.28. The highest BCUT2D eigenvalue weighted by atomic mass is 16.2. The van der Waals surface area contributed by atoms with Gasteiger partial charge in [0, 0.05) is 25.6 Å². The molecule has 1 saturated heterocycles. The van der Waals surface area contributed by atoms with Crippen LogP contribution >= 0.6 is 0 Å². The summed E-state index contributed by atoms with van der Waals surface area (Å²) in [5, 5.41) is 5.95. The van der Waals surface area contributed by atoms with Crippen LogP contribution in [-0.2, 0) is 11.2 Å². The molecule has 2 aliphatic rings. The van der Waals surface area contributed by atoms with Gasteiger partial charge < -0.3 is 15.5 Å². The third kappa shape index (κ3) is 4.49. The number of benzene rings is 1. The Morgan fingerprint density at radius 2 is 1.71 bits per heavy atom. The largest absolute Gasteiger partial charge is 0.341 e. The van der Waals surface area contributed by atoms with Crippen LogP contribution in [0.25, 0.3) is 0 Å². The minimum absolute atomic E-state index is 0.0397. The first-order valence-corrected chi connectivity index (χ1v) is 9.12. The molecule has 2 N–H and O–H groups in total. The van der Waals surface area contributed by atoms with E-state index in [9.17, 15) is 9.59 Å². The molecule has 0 aromatic heterocycles. The first-order chi connectivity index (χ1) is 11.7. The molecule has 1 aliphatic heterocycles. The fourth-order valence-electron chi connectivity index (χ4n) is 3.66. The highest BCUT2D eigenvalue weighted by Crippen LogP contribution is 2.17. The molecule has 130 valence electrons. The molecular weight excluding hydrogens is 302 g/mol. The van der Waals surface area contributed by atoms with Crippen molar-refractivity contribution in [2.24, 2.45) is 0 Å². The number of nitrogens with one attached hydrogen (secondary N) is 2. The van der Waals surface area contributed by atoms with E-state index in [0.29, 0.717) is 6.42 Å². The van der Waals surface area contributed by atoms with Crippen LogP contribution in [0, 0.1) is 0 Å². The minimum atomic E-state index is -0.494. The molecule has 2 fully saturated rings. The molecule has 0 spiro atoms.